The van der Waals surface area contributed by atoms with E-state index in [0.29, 0.717) is 21.9 Å². The minimum atomic E-state index is -0.202. The second kappa shape index (κ2) is 5.72. The molecule has 0 fully saturated rings. The molecule has 0 aliphatic heterocycles. The molecule has 0 bridgehead atoms. The van der Waals surface area contributed by atoms with Crippen LogP contribution in [0, 0.1) is 13.8 Å². The van der Waals surface area contributed by atoms with E-state index >= 15 is 0 Å². The topological polar surface area (TPSA) is 90.1 Å². The fourth-order valence-electron chi connectivity index (χ4n) is 1.81. The van der Waals surface area contributed by atoms with Gasteiger partial charge in [0.05, 0.1) is 17.5 Å². The van der Waals surface area contributed by atoms with Gasteiger partial charge in [-0.1, -0.05) is 0 Å². The second-order valence-corrected chi connectivity index (χ2v) is 5.69. The van der Waals surface area contributed by atoms with E-state index in [-0.39, 0.29) is 12.0 Å². The van der Waals surface area contributed by atoms with Crippen LogP contribution in [0.3, 0.4) is 0 Å². The highest BCUT2D eigenvalue weighted by molar-refractivity contribution is 7.21. The lowest BCUT2D eigenvalue weighted by atomic mass is 10.1. The Bertz CT molecular complexity index is 653. The quantitative estimate of drug-likeness (QED) is 0.895. The van der Waals surface area contributed by atoms with Gasteiger partial charge in [0.15, 0.2) is 0 Å². The number of hydrogen-bond acceptors (Lipinski definition) is 6. The van der Waals surface area contributed by atoms with Crippen molar-refractivity contribution < 1.29 is 9.53 Å². The number of anilines is 1. The van der Waals surface area contributed by atoms with Gasteiger partial charge in [0.1, 0.15) is 9.71 Å². The van der Waals surface area contributed by atoms with Gasteiger partial charge in [0, 0.05) is 19.0 Å². The van der Waals surface area contributed by atoms with Crippen LogP contribution in [0.2, 0.25) is 0 Å². The largest absolute Gasteiger partial charge is 0.397 e. The number of amides is 1. The molecular formula is C13H18N4O2S. The number of aryl methyl sites for hydroxylation is 2. The van der Waals surface area contributed by atoms with Crippen LogP contribution in [-0.4, -0.2) is 35.9 Å². The van der Waals surface area contributed by atoms with Crippen molar-refractivity contribution in [3.63, 3.8) is 0 Å². The zero-order valence-electron chi connectivity index (χ0n) is 12.0. The van der Waals surface area contributed by atoms with E-state index in [1.54, 1.807) is 7.11 Å². The summed E-state index contributed by atoms with van der Waals surface area (Å²) in [6, 6.07) is 0. The first kappa shape index (κ1) is 14.7. The number of rotatable bonds is 4. The lowest BCUT2D eigenvalue weighted by molar-refractivity contribution is 0.0874. The summed E-state index contributed by atoms with van der Waals surface area (Å²) in [5.41, 5.74) is 8.36. The number of methoxy groups -OCH3 is 1. The summed E-state index contributed by atoms with van der Waals surface area (Å²) in [4.78, 5) is 13.3. The van der Waals surface area contributed by atoms with Gasteiger partial charge < -0.3 is 15.8 Å². The van der Waals surface area contributed by atoms with E-state index in [1.807, 2.05) is 20.8 Å². The molecule has 20 heavy (non-hydrogen) atoms. The van der Waals surface area contributed by atoms with Crippen LogP contribution in [-0.2, 0) is 4.74 Å². The highest BCUT2D eigenvalue weighted by atomic mass is 32.1. The Balaban J connectivity index is 2.34. The maximum absolute atomic E-state index is 12.2. The van der Waals surface area contributed by atoms with Crippen molar-refractivity contribution in [1.82, 2.24) is 15.5 Å². The summed E-state index contributed by atoms with van der Waals surface area (Å²) >= 11 is 1.26. The molecule has 7 heteroatoms. The first-order chi connectivity index (χ1) is 9.45. The number of carbonyl (C=O) groups is 1. The molecule has 6 nitrogen and oxygen atoms in total. The summed E-state index contributed by atoms with van der Waals surface area (Å²) in [6.07, 6.45) is -0.0432. The first-order valence-electron chi connectivity index (χ1n) is 6.28. The molecule has 0 saturated heterocycles. The van der Waals surface area contributed by atoms with Crippen molar-refractivity contribution in [3.05, 3.63) is 16.1 Å². The molecule has 0 aliphatic rings. The number of nitrogens with one attached hydrogen (secondary N) is 1. The highest BCUT2D eigenvalue weighted by Crippen LogP contribution is 2.34. The molecular weight excluding hydrogens is 276 g/mol. The molecule has 1 atom stereocenters. The van der Waals surface area contributed by atoms with Crippen LogP contribution in [0.15, 0.2) is 0 Å². The van der Waals surface area contributed by atoms with Crippen molar-refractivity contribution in [2.45, 2.75) is 26.9 Å². The number of thiophene rings is 1. The Labute approximate surface area is 121 Å². The van der Waals surface area contributed by atoms with E-state index in [2.05, 4.69) is 15.5 Å². The summed E-state index contributed by atoms with van der Waals surface area (Å²) < 4.78 is 5.10. The Morgan fingerprint density at radius 3 is 2.80 bits per heavy atom. The Hall–Kier alpha value is -1.73. The predicted molar refractivity (Wildman–Crippen MR) is 80.1 cm³/mol. The zero-order chi connectivity index (χ0) is 14.9. The van der Waals surface area contributed by atoms with E-state index in [0.717, 1.165) is 16.6 Å². The molecule has 2 aromatic rings. The van der Waals surface area contributed by atoms with Gasteiger partial charge in [-0.2, -0.15) is 5.10 Å². The van der Waals surface area contributed by atoms with Crippen molar-refractivity contribution in [2.24, 2.45) is 0 Å². The molecule has 0 saturated carbocycles. The Morgan fingerprint density at radius 2 is 2.15 bits per heavy atom. The lowest BCUT2D eigenvalue weighted by Gasteiger charge is -2.10. The smallest absolute Gasteiger partial charge is 0.263 e. The highest BCUT2D eigenvalue weighted by Gasteiger charge is 2.19. The summed E-state index contributed by atoms with van der Waals surface area (Å²) in [7, 11) is 1.60. The van der Waals surface area contributed by atoms with Gasteiger partial charge in [-0.25, -0.2) is 0 Å². The monoisotopic (exact) mass is 294 g/mol. The SMILES string of the molecule is COC(C)CNC(=O)c1sc2nnc(C)c(C)c2c1N. The summed E-state index contributed by atoms with van der Waals surface area (Å²) in [6.45, 7) is 6.13. The third-order valence-corrected chi connectivity index (χ3v) is 4.38. The third kappa shape index (κ3) is 2.59. The summed E-state index contributed by atoms with van der Waals surface area (Å²) in [5.74, 6) is -0.202. The van der Waals surface area contributed by atoms with Gasteiger partial charge in [-0.3, -0.25) is 4.79 Å². The van der Waals surface area contributed by atoms with Crippen LogP contribution in [0.5, 0.6) is 0 Å². The predicted octanol–water partition coefficient (Wildman–Crippen LogP) is 1.66. The van der Waals surface area contributed by atoms with E-state index < -0.39 is 0 Å². The number of carbonyl (C=O) groups excluding carboxylic acids is 1. The zero-order valence-corrected chi connectivity index (χ0v) is 12.8. The van der Waals surface area contributed by atoms with Gasteiger partial charge in [-0.15, -0.1) is 16.4 Å². The lowest BCUT2D eigenvalue weighted by Crippen LogP contribution is -2.31. The number of hydrogen-bond donors (Lipinski definition) is 2. The van der Waals surface area contributed by atoms with E-state index in [9.17, 15) is 4.79 Å². The molecule has 1 unspecified atom stereocenters. The molecule has 2 aromatic heterocycles. The molecule has 0 spiro atoms. The van der Waals surface area contributed by atoms with Gasteiger partial charge in [-0.05, 0) is 26.3 Å². The molecule has 0 aromatic carbocycles. The van der Waals surface area contributed by atoms with Crippen LogP contribution < -0.4 is 11.1 Å². The number of nitrogens with zero attached hydrogens (tertiary/aromatic N) is 2. The minimum absolute atomic E-state index is 0.0432. The number of ether oxygens (including phenoxy) is 1. The van der Waals surface area contributed by atoms with Crippen LogP contribution in [0.4, 0.5) is 5.69 Å². The van der Waals surface area contributed by atoms with Crippen LogP contribution in [0.1, 0.15) is 27.9 Å². The molecule has 2 rings (SSSR count). The van der Waals surface area contributed by atoms with Crippen LogP contribution in [0.25, 0.3) is 10.2 Å². The van der Waals surface area contributed by atoms with E-state index in [4.69, 9.17) is 10.5 Å². The fourth-order valence-corrected chi connectivity index (χ4v) is 2.83. The second-order valence-electron chi connectivity index (χ2n) is 4.69. The van der Waals surface area contributed by atoms with Gasteiger partial charge in [0.25, 0.3) is 5.91 Å². The van der Waals surface area contributed by atoms with Crippen LogP contribution >= 0.6 is 11.3 Å². The van der Waals surface area contributed by atoms with E-state index in [1.165, 1.54) is 11.3 Å². The van der Waals surface area contributed by atoms with Gasteiger partial charge >= 0.3 is 0 Å². The normalized spacial score (nSPS) is 12.6. The molecule has 0 aliphatic carbocycles. The standard InChI is InChI=1S/C13H18N4O2S/c1-6(19-4)5-15-12(18)11-10(14)9-7(2)8(3)16-17-13(9)20-11/h6H,5,14H2,1-4H3,(H,15,18). The Kier molecular flexibility index (Phi) is 4.20. The molecule has 1 amide bonds. The van der Waals surface area contributed by atoms with Crippen molar-refractivity contribution in [1.29, 1.82) is 0 Å². The molecule has 3 N–H and O–H groups in total. The number of fused-ring (bicyclic) bond motifs is 1. The van der Waals surface area contributed by atoms with Crippen molar-refractivity contribution in [2.75, 3.05) is 19.4 Å². The number of nitrogens with two attached hydrogens (primary N) is 1. The molecule has 108 valence electrons. The first-order valence-corrected chi connectivity index (χ1v) is 7.10. The Morgan fingerprint density at radius 1 is 1.45 bits per heavy atom. The molecule has 0 radical (unpaired) electrons. The average Bonchev–Trinajstić information content (AvgIpc) is 2.77. The van der Waals surface area contributed by atoms with Crippen molar-refractivity contribution >= 4 is 33.1 Å². The minimum Gasteiger partial charge on any atom is -0.397 e. The fraction of sp³-hybridized carbons (Fsp3) is 0.462. The number of nitrogen functional groups attached to an aromatic ring is 1. The summed E-state index contributed by atoms with van der Waals surface area (Å²) in [5, 5.41) is 11.8. The van der Waals surface area contributed by atoms with Gasteiger partial charge in [0.2, 0.25) is 0 Å². The maximum Gasteiger partial charge on any atom is 0.263 e. The average molecular weight is 294 g/mol. The number of aromatic nitrogens is 2. The maximum atomic E-state index is 12.2. The third-order valence-electron chi connectivity index (χ3n) is 3.29. The molecule has 2 heterocycles. The van der Waals surface area contributed by atoms with Crippen molar-refractivity contribution in [3.8, 4) is 0 Å².